The van der Waals surface area contributed by atoms with E-state index < -0.39 is 0 Å². The number of aromatic nitrogens is 4. The molecule has 2 aromatic heterocycles. The van der Waals surface area contributed by atoms with Gasteiger partial charge in [0.25, 0.3) is 0 Å². The van der Waals surface area contributed by atoms with Crippen molar-refractivity contribution in [1.82, 2.24) is 19.7 Å². The number of anilines is 1. The van der Waals surface area contributed by atoms with E-state index in [1.54, 1.807) is 25.1 Å². The van der Waals surface area contributed by atoms with Crippen molar-refractivity contribution in [2.75, 3.05) is 32.7 Å². The van der Waals surface area contributed by atoms with Crippen LogP contribution in [-0.4, -0.2) is 53.2 Å². The van der Waals surface area contributed by atoms with Gasteiger partial charge < -0.3 is 14.8 Å². The van der Waals surface area contributed by atoms with E-state index in [0.29, 0.717) is 13.2 Å². The summed E-state index contributed by atoms with van der Waals surface area (Å²) in [6.07, 6.45) is 3.25. The molecule has 0 saturated heterocycles. The normalized spacial score (nSPS) is 12.8. The van der Waals surface area contributed by atoms with Crippen molar-refractivity contribution in [3.63, 3.8) is 0 Å². The number of aryl methyl sites for hydroxylation is 1. The van der Waals surface area contributed by atoms with E-state index in [9.17, 15) is 0 Å². The summed E-state index contributed by atoms with van der Waals surface area (Å²) in [6.45, 7) is 1.15. The molecule has 2 aromatic rings. The van der Waals surface area contributed by atoms with E-state index in [-0.39, 0.29) is 6.10 Å². The molecule has 98 valence electrons. The van der Waals surface area contributed by atoms with Crippen LogP contribution in [0.4, 0.5) is 5.82 Å². The van der Waals surface area contributed by atoms with Gasteiger partial charge in [-0.25, -0.2) is 9.97 Å². The number of ether oxygens (including phenoxy) is 2. The number of rotatable bonds is 6. The largest absolute Gasteiger partial charge is 0.382 e. The molecular formula is C11H17N5O2. The quantitative estimate of drug-likeness (QED) is 0.803. The highest BCUT2D eigenvalue weighted by atomic mass is 16.5. The maximum absolute atomic E-state index is 5.28. The Morgan fingerprint density at radius 3 is 2.94 bits per heavy atom. The molecule has 7 nitrogen and oxygen atoms in total. The molecule has 18 heavy (non-hydrogen) atoms. The number of hydrogen-bond acceptors (Lipinski definition) is 6. The number of methoxy groups -OCH3 is 2. The van der Waals surface area contributed by atoms with Crippen molar-refractivity contribution in [1.29, 1.82) is 0 Å². The molecule has 2 rings (SSSR count). The minimum absolute atomic E-state index is 0.0170. The maximum atomic E-state index is 5.28. The number of hydrogen-bond donors (Lipinski definition) is 1. The standard InChI is InChI=1S/C11H17N5O2/c1-16-11-9(5-15-16)10(13-7-14-11)12-4-8(18-3)6-17-2/h5,7-8H,4,6H2,1-3H3,(H,12,13,14). The van der Waals surface area contributed by atoms with E-state index in [1.165, 1.54) is 6.33 Å². The van der Waals surface area contributed by atoms with Crippen LogP contribution in [0.15, 0.2) is 12.5 Å². The molecule has 0 amide bonds. The number of nitrogens with one attached hydrogen (secondary N) is 1. The van der Waals surface area contributed by atoms with Crippen LogP contribution < -0.4 is 5.32 Å². The monoisotopic (exact) mass is 251 g/mol. The zero-order valence-electron chi connectivity index (χ0n) is 10.8. The van der Waals surface area contributed by atoms with E-state index in [1.807, 2.05) is 7.05 Å². The molecule has 0 aliphatic heterocycles. The highest BCUT2D eigenvalue weighted by Gasteiger charge is 2.10. The Morgan fingerprint density at radius 1 is 1.39 bits per heavy atom. The van der Waals surface area contributed by atoms with Gasteiger partial charge in [-0.15, -0.1) is 0 Å². The van der Waals surface area contributed by atoms with Gasteiger partial charge in [0, 0.05) is 27.8 Å². The summed E-state index contributed by atoms with van der Waals surface area (Å²) >= 11 is 0. The van der Waals surface area contributed by atoms with Gasteiger partial charge in [0.15, 0.2) is 5.65 Å². The van der Waals surface area contributed by atoms with Gasteiger partial charge in [0.1, 0.15) is 12.1 Å². The summed E-state index contributed by atoms with van der Waals surface area (Å²) in [5.74, 6) is 0.756. The van der Waals surface area contributed by atoms with Crippen LogP contribution in [0.2, 0.25) is 0 Å². The molecule has 2 heterocycles. The summed E-state index contributed by atoms with van der Waals surface area (Å²) in [6, 6.07) is 0. The van der Waals surface area contributed by atoms with Crippen LogP contribution in [0.25, 0.3) is 11.0 Å². The predicted molar refractivity (Wildman–Crippen MR) is 67.5 cm³/mol. The van der Waals surface area contributed by atoms with Gasteiger partial charge in [0.2, 0.25) is 0 Å². The second kappa shape index (κ2) is 5.74. The first kappa shape index (κ1) is 12.7. The third-order valence-electron chi connectivity index (χ3n) is 2.71. The lowest BCUT2D eigenvalue weighted by atomic mass is 10.3. The Labute approximate surface area is 105 Å². The van der Waals surface area contributed by atoms with Gasteiger partial charge in [0.05, 0.1) is 24.3 Å². The van der Waals surface area contributed by atoms with Crippen LogP contribution in [0.3, 0.4) is 0 Å². The van der Waals surface area contributed by atoms with Crippen molar-refractivity contribution < 1.29 is 9.47 Å². The first-order valence-electron chi connectivity index (χ1n) is 5.64. The Kier molecular flexibility index (Phi) is 4.06. The molecule has 7 heteroatoms. The fourth-order valence-corrected chi connectivity index (χ4v) is 1.71. The van der Waals surface area contributed by atoms with E-state index >= 15 is 0 Å². The summed E-state index contributed by atoms with van der Waals surface area (Å²) in [7, 11) is 5.16. The van der Waals surface area contributed by atoms with Gasteiger partial charge >= 0.3 is 0 Å². The van der Waals surface area contributed by atoms with Gasteiger partial charge in [-0.3, -0.25) is 4.68 Å². The van der Waals surface area contributed by atoms with Gasteiger partial charge in [-0.1, -0.05) is 0 Å². The van der Waals surface area contributed by atoms with Crippen LogP contribution in [-0.2, 0) is 16.5 Å². The third kappa shape index (κ3) is 2.57. The Hall–Kier alpha value is -1.73. The molecule has 0 saturated carbocycles. The first-order valence-corrected chi connectivity index (χ1v) is 5.64. The molecule has 0 aliphatic carbocycles. The van der Waals surface area contributed by atoms with Crippen molar-refractivity contribution in [3.8, 4) is 0 Å². The SMILES string of the molecule is COCC(CNc1ncnc2c1cnn2C)OC. The average Bonchev–Trinajstić information content (AvgIpc) is 2.77. The van der Waals surface area contributed by atoms with E-state index in [2.05, 4.69) is 20.4 Å². The molecule has 0 spiro atoms. The lowest BCUT2D eigenvalue weighted by Gasteiger charge is -2.15. The highest BCUT2D eigenvalue weighted by molar-refractivity contribution is 5.85. The predicted octanol–water partition coefficient (Wildman–Crippen LogP) is 0.437. The smallest absolute Gasteiger partial charge is 0.163 e. The van der Waals surface area contributed by atoms with Gasteiger partial charge in [-0.05, 0) is 0 Å². The first-order chi connectivity index (χ1) is 8.76. The number of fused-ring (bicyclic) bond motifs is 1. The van der Waals surface area contributed by atoms with Crippen molar-refractivity contribution in [2.24, 2.45) is 7.05 Å². The molecule has 0 fully saturated rings. The molecule has 0 aliphatic rings. The summed E-state index contributed by atoms with van der Waals surface area (Å²) in [5, 5.41) is 8.28. The summed E-state index contributed by atoms with van der Waals surface area (Å²) < 4.78 is 12.1. The topological polar surface area (TPSA) is 74.1 Å². The van der Waals surface area contributed by atoms with E-state index in [4.69, 9.17) is 9.47 Å². The molecule has 0 radical (unpaired) electrons. The molecule has 0 aromatic carbocycles. The second-order valence-electron chi connectivity index (χ2n) is 3.92. The van der Waals surface area contributed by atoms with Crippen LogP contribution in [0.5, 0.6) is 0 Å². The van der Waals surface area contributed by atoms with E-state index in [0.717, 1.165) is 16.9 Å². The minimum atomic E-state index is -0.0170. The third-order valence-corrected chi connectivity index (χ3v) is 2.71. The second-order valence-corrected chi connectivity index (χ2v) is 3.92. The lowest BCUT2D eigenvalue weighted by molar-refractivity contribution is 0.0365. The van der Waals surface area contributed by atoms with Gasteiger partial charge in [-0.2, -0.15) is 5.10 Å². The molecule has 1 unspecified atom stereocenters. The molecule has 0 bridgehead atoms. The zero-order valence-corrected chi connectivity index (χ0v) is 10.8. The highest BCUT2D eigenvalue weighted by Crippen LogP contribution is 2.17. The maximum Gasteiger partial charge on any atom is 0.163 e. The van der Waals surface area contributed by atoms with Crippen LogP contribution >= 0.6 is 0 Å². The van der Waals surface area contributed by atoms with Crippen LogP contribution in [0.1, 0.15) is 0 Å². The summed E-state index contributed by atoms with van der Waals surface area (Å²) in [4.78, 5) is 8.39. The fraction of sp³-hybridized carbons (Fsp3) is 0.545. The van der Waals surface area contributed by atoms with Crippen molar-refractivity contribution >= 4 is 16.9 Å². The van der Waals surface area contributed by atoms with Crippen molar-refractivity contribution in [2.45, 2.75) is 6.10 Å². The Bertz CT molecular complexity index is 513. The Morgan fingerprint density at radius 2 is 2.22 bits per heavy atom. The Balaban J connectivity index is 2.12. The fourth-order valence-electron chi connectivity index (χ4n) is 1.71. The minimum Gasteiger partial charge on any atom is -0.382 e. The number of nitrogens with zero attached hydrogens (tertiary/aromatic N) is 4. The van der Waals surface area contributed by atoms with Crippen LogP contribution in [0, 0.1) is 0 Å². The summed E-state index contributed by atoms with van der Waals surface area (Å²) in [5.41, 5.74) is 0.799. The van der Waals surface area contributed by atoms with Crippen molar-refractivity contribution in [3.05, 3.63) is 12.5 Å². The average molecular weight is 251 g/mol. The zero-order chi connectivity index (χ0) is 13.0. The molecule has 1 atom stereocenters. The molecular weight excluding hydrogens is 234 g/mol. The molecule has 1 N–H and O–H groups in total. The lowest BCUT2D eigenvalue weighted by Crippen LogP contribution is -2.26.